The van der Waals surface area contributed by atoms with Crippen LogP contribution in [-0.2, 0) is 11.8 Å². The molecule has 1 aliphatic carbocycles. The van der Waals surface area contributed by atoms with Crippen molar-refractivity contribution in [2.75, 3.05) is 13.7 Å². The predicted molar refractivity (Wildman–Crippen MR) is 86.3 cm³/mol. The quantitative estimate of drug-likeness (QED) is 0.920. The normalized spacial score (nSPS) is 30.8. The molecule has 0 radical (unpaired) electrons. The number of rotatable bonds is 3. The molecule has 1 N–H and O–H groups in total. The number of methoxy groups -OCH3 is 1. The molecule has 1 aliphatic heterocycles. The topological polar surface area (TPSA) is 67.6 Å². The number of aliphatic hydroxyl groups excluding tert-OH is 1. The van der Waals surface area contributed by atoms with E-state index < -0.39 is 0 Å². The molecule has 0 bridgehead atoms. The highest BCUT2D eigenvalue weighted by Crippen LogP contribution is 2.42. The number of aryl methyl sites for hydroxylation is 1. The van der Waals surface area contributed by atoms with Crippen LogP contribution >= 0.6 is 0 Å². The third kappa shape index (κ3) is 2.68. The lowest BCUT2D eigenvalue weighted by Crippen LogP contribution is -2.53. The van der Waals surface area contributed by atoms with E-state index in [9.17, 15) is 9.90 Å². The van der Waals surface area contributed by atoms with Crippen molar-refractivity contribution in [3.05, 3.63) is 17.5 Å². The van der Waals surface area contributed by atoms with Gasteiger partial charge in [-0.2, -0.15) is 5.10 Å². The lowest BCUT2D eigenvalue weighted by molar-refractivity contribution is -0.0825. The monoisotopic (exact) mass is 321 g/mol. The second-order valence-corrected chi connectivity index (χ2v) is 7.19. The standard InChI is InChI=1S/C17H27N3O3/c1-11(2)13-10-14(19(3)18-13)16(22)20-8-7-17(23-4)6-5-12(21)9-15(17)20/h10-12,15,21H,5-9H2,1-4H3/t12-,15+,17-/m1/s1. The van der Waals surface area contributed by atoms with Crippen LogP contribution in [0.1, 0.15) is 61.6 Å². The molecule has 2 fully saturated rings. The van der Waals surface area contributed by atoms with Gasteiger partial charge in [-0.3, -0.25) is 9.48 Å². The highest BCUT2D eigenvalue weighted by molar-refractivity contribution is 5.93. The summed E-state index contributed by atoms with van der Waals surface area (Å²) in [4.78, 5) is 14.9. The minimum absolute atomic E-state index is 0.00933. The van der Waals surface area contributed by atoms with Gasteiger partial charge in [0.2, 0.25) is 0 Å². The van der Waals surface area contributed by atoms with Crippen molar-refractivity contribution in [3.8, 4) is 0 Å². The van der Waals surface area contributed by atoms with Crippen molar-refractivity contribution >= 4 is 5.91 Å². The summed E-state index contributed by atoms with van der Waals surface area (Å²) >= 11 is 0. The van der Waals surface area contributed by atoms with E-state index in [1.54, 1.807) is 11.8 Å². The Labute approximate surface area is 137 Å². The Morgan fingerprint density at radius 3 is 2.83 bits per heavy atom. The number of fused-ring (bicyclic) bond motifs is 1. The van der Waals surface area contributed by atoms with Gasteiger partial charge in [-0.05, 0) is 37.7 Å². The summed E-state index contributed by atoms with van der Waals surface area (Å²) in [6.07, 6.45) is 2.63. The predicted octanol–water partition coefficient (Wildman–Crippen LogP) is 1.69. The number of carbonyl (C=O) groups excluding carboxylic acids is 1. The first kappa shape index (κ1) is 16.5. The van der Waals surface area contributed by atoms with E-state index in [1.807, 2.05) is 18.0 Å². The molecular weight excluding hydrogens is 294 g/mol. The number of aromatic nitrogens is 2. The van der Waals surface area contributed by atoms with Crippen LogP contribution in [0.25, 0.3) is 0 Å². The fourth-order valence-corrected chi connectivity index (χ4v) is 4.04. The lowest BCUT2D eigenvalue weighted by atomic mass is 9.79. The summed E-state index contributed by atoms with van der Waals surface area (Å²) < 4.78 is 7.48. The first-order valence-electron chi connectivity index (χ1n) is 8.46. The molecule has 1 aromatic rings. The largest absolute Gasteiger partial charge is 0.393 e. The smallest absolute Gasteiger partial charge is 0.272 e. The number of aliphatic hydroxyl groups is 1. The number of hydrogen-bond acceptors (Lipinski definition) is 4. The molecule has 0 aromatic carbocycles. The number of nitrogens with zero attached hydrogens (tertiary/aromatic N) is 3. The van der Waals surface area contributed by atoms with Gasteiger partial charge < -0.3 is 14.7 Å². The highest BCUT2D eigenvalue weighted by atomic mass is 16.5. The first-order chi connectivity index (χ1) is 10.9. The van der Waals surface area contributed by atoms with Crippen molar-refractivity contribution in [2.45, 2.75) is 63.2 Å². The zero-order valence-corrected chi connectivity index (χ0v) is 14.5. The van der Waals surface area contributed by atoms with E-state index in [-0.39, 0.29) is 29.6 Å². The minimum Gasteiger partial charge on any atom is -0.393 e. The Bertz CT molecular complexity index is 598. The van der Waals surface area contributed by atoms with Crippen LogP contribution in [0.15, 0.2) is 6.07 Å². The van der Waals surface area contributed by atoms with Gasteiger partial charge in [0, 0.05) is 20.7 Å². The summed E-state index contributed by atoms with van der Waals surface area (Å²) in [5.74, 6) is 0.279. The zero-order chi connectivity index (χ0) is 16.8. The zero-order valence-electron chi connectivity index (χ0n) is 14.5. The number of ether oxygens (including phenoxy) is 1. The van der Waals surface area contributed by atoms with E-state index in [1.165, 1.54) is 0 Å². The van der Waals surface area contributed by atoms with Crippen LogP contribution < -0.4 is 0 Å². The molecule has 1 amide bonds. The van der Waals surface area contributed by atoms with Crippen molar-refractivity contribution in [3.63, 3.8) is 0 Å². The summed E-state index contributed by atoms with van der Waals surface area (Å²) in [6, 6.07) is 1.83. The van der Waals surface area contributed by atoms with Gasteiger partial charge in [-0.25, -0.2) is 0 Å². The van der Waals surface area contributed by atoms with Crippen molar-refractivity contribution in [1.29, 1.82) is 0 Å². The van der Waals surface area contributed by atoms with Crippen molar-refractivity contribution in [1.82, 2.24) is 14.7 Å². The Morgan fingerprint density at radius 2 is 2.22 bits per heavy atom. The van der Waals surface area contributed by atoms with Crippen LogP contribution in [0, 0.1) is 0 Å². The van der Waals surface area contributed by atoms with Crippen LogP contribution in [0.2, 0.25) is 0 Å². The molecule has 3 rings (SSSR count). The molecule has 0 spiro atoms. The Hall–Kier alpha value is -1.40. The highest BCUT2D eigenvalue weighted by Gasteiger charge is 2.52. The minimum atomic E-state index is -0.352. The average molecular weight is 321 g/mol. The van der Waals surface area contributed by atoms with Gasteiger partial charge in [0.25, 0.3) is 5.91 Å². The summed E-state index contributed by atoms with van der Waals surface area (Å²) in [7, 11) is 3.54. The van der Waals surface area contributed by atoms with Gasteiger partial charge in [-0.15, -0.1) is 0 Å². The molecule has 0 unspecified atom stereocenters. The van der Waals surface area contributed by atoms with E-state index in [0.29, 0.717) is 18.7 Å². The molecule has 6 nitrogen and oxygen atoms in total. The Kier molecular flexibility index (Phi) is 4.23. The Balaban J connectivity index is 1.88. The van der Waals surface area contributed by atoms with Gasteiger partial charge >= 0.3 is 0 Å². The van der Waals surface area contributed by atoms with Crippen LogP contribution in [0.4, 0.5) is 0 Å². The van der Waals surface area contributed by atoms with Gasteiger partial charge in [-0.1, -0.05) is 13.8 Å². The summed E-state index contributed by atoms with van der Waals surface area (Å²) in [5, 5.41) is 14.5. The van der Waals surface area contributed by atoms with Gasteiger partial charge in [0.05, 0.1) is 23.4 Å². The maximum absolute atomic E-state index is 13.1. The summed E-state index contributed by atoms with van der Waals surface area (Å²) in [5.41, 5.74) is 1.24. The number of carbonyl (C=O) groups is 1. The second-order valence-electron chi connectivity index (χ2n) is 7.19. The number of amides is 1. The molecule has 1 aromatic heterocycles. The molecule has 128 valence electrons. The van der Waals surface area contributed by atoms with Crippen LogP contribution in [0.5, 0.6) is 0 Å². The van der Waals surface area contributed by atoms with E-state index in [2.05, 4.69) is 18.9 Å². The third-order valence-corrected chi connectivity index (χ3v) is 5.53. The molecule has 6 heteroatoms. The maximum Gasteiger partial charge on any atom is 0.272 e. The van der Waals surface area contributed by atoms with E-state index in [4.69, 9.17) is 4.74 Å². The second kappa shape index (κ2) is 5.91. The van der Waals surface area contributed by atoms with E-state index in [0.717, 1.165) is 25.0 Å². The van der Waals surface area contributed by atoms with Gasteiger partial charge in [0.1, 0.15) is 5.69 Å². The van der Waals surface area contributed by atoms with Crippen LogP contribution in [-0.4, -0.2) is 57.1 Å². The van der Waals surface area contributed by atoms with Crippen LogP contribution in [0.3, 0.4) is 0 Å². The Morgan fingerprint density at radius 1 is 1.48 bits per heavy atom. The molecule has 2 aliphatic rings. The first-order valence-corrected chi connectivity index (χ1v) is 8.46. The van der Waals surface area contributed by atoms with Crippen molar-refractivity contribution in [2.24, 2.45) is 7.05 Å². The molecule has 1 saturated carbocycles. The summed E-state index contributed by atoms with van der Waals surface area (Å²) in [6.45, 7) is 4.81. The SMILES string of the molecule is CO[C@@]12CC[C@@H](O)C[C@@H]1N(C(=O)c1cc(C(C)C)nn1C)CC2. The fourth-order valence-electron chi connectivity index (χ4n) is 4.04. The third-order valence-electron chi connectivity index (χ3n) is 5.53. The molecular formula is C17H27N3O3. The van der Waals surface area contributed by atoms with Gasteiger partial charge in [0.15, 0.2) is 0 Å². The van der Waals surface area contributed by atoms with Crippen molar-refractivity contribution < 1.29 is 14.6 Å². The molecule has 1 saturated heterocycles. The molecule has 2 heterocycles. The average Bonchev–Trinajstić information content (AvgIpc) is 3.08. The number of likely N-dealkylation sites (tertiary alicyclic amines) is 1. The lowest BCUT2D eigenvalue weighted by Gasteiger charge is -2.42. The van der Waals surface area contributed by atoms with E-state index >= 15 is 0 Å². The molecule has 23 heavy (non-hydrogen) atoms. The maximum atomic E-state index is 13.1. The molecule has 3 atom stereocenters. The fraction of sp³-hybridized carbons (Fsp3) is 0.765. The number of hydrogen-bond donors (Lipinski definition) is 1.